The molecule has 2 saturated carbocycles. The van der Waals surface area contributed by atoms with Crippen LogP contribution in [-0.4, -0.2) is 22.4 Å². The molecule has 2 N–H and O–H groups in total. The zero-order valence-electron chi connectivity index (χ0n) is 12.2. The summed E-state index contributed by atoms with van der Waals surface area (Å²) in [6.45, 7) is 6.59. The van der Waals surface area contributed by atoms with Crippen LogP contribution in [0, 0.1) is 29.6 Å². The molecule has 18 heavy (non-hydrogen) atoms. The second kappa shape index (κ2) is 5.92. The maximum Gasteiger partial charge on any atom is 0.0626 e. The van der Waals surface area contributed by atoms with Gasteiger partial charge in [-0.3, -0.25) is 0 Å². The standard InChI is InChI=1S/C16H30O2/c1-4-11(5-2)13-9-8-12-7-6-10(3)15(17)14(12)16(13)18/h10-18H,4-9H2,1-3H3/t10-,12?,13+,14?,15?,16?/m0/s1. The van der Waals surface area contributed by atoms with Crippen molar-refractivity contribution in [3.05, 3.63) is 0 Å². The van der Waals surface area contributed by atoms with Gasteiger partial charge in [0.05, 0.1) is 12.2 Å². The van der Waals surface area contributed by atoms with Crippen molar-refractivity contribution in [2.24, 2.45) is 29.6 Å². The lowest BCUT2D eigenvalue weighted by atomic mass is 9.60. The lowest BCUT2D eigenvalue weighted by molar-refractivity contribution is -0.123. The zero-order chi connectivity index (χ0) is 13.3. The Balaban J connectivity index is 2.11. The summed E-state index contributed by atoms with van der Waals surface area (Å²) in [4.78, 5) is 0. The van der Waals surface area contributed by atoms with Crippen molar-refractivity contribution >= 4 is 0 Å². The predicted octanol–water partition coefficient (Wildman–Crippen LogP) is 3.22. The zero-order valence-corrected chi connectivity index (χ0v) is 12.2. The number of rotatable bonds is 3. The van der Waals surface area contributed by atoms with Crippen LogP contribution in [0.2, 0.25) is 0 Å². The van der Waals surface area contributed by atoms with E-state index in [0.717, 1.165) is 25.7 Å². The van der Waals surface area contributed by atoms with E-state index in [1.165, 1.54) is 12.8 Å². The molecule has 2 aliphatic carbocycles. The van der Waals surface area contributed by atoms with Gasteiger partial charge in [-0.1, -0.05) is 33.6 Å². The van der Waals surface area contributed by atoms with E-state index in [4.69, 9.17) is 0 Å². The van der Waals surface area contributed by atoms with Gasteiger partial charge in [-0.25, -0.2) is 0 Å². The Morgan fingerprint density at radius 3 is 2.17 bits per heavy atom. The van der Waals surface area contributed by atoms with Crippen LogP contribution in [0.4, 0.5) is 0 Å². The first-order chi connectivity index (χ1) is 8.60. The van der Waals surface area contributed by atoms with Crippen molar-refractivity contribution in [1.29, 1.82) is 0 Å². The third kappa shape index (κ3) is 2.46. The molecule has 2 nitrogen and oxygen atoms in total. The van der Waals surface area contributed by atoms with Gasteiger partial charge in [-0.15, -0.1) is 0 Å². The SMILES string of the molecule is CCC(CC)[C@H]1CCC2CC[C@H](C)C(O)C2C1O. The van der Waals surface area contributed by atoms with E-state index >= 15 is 0 Å². The Kier molecular flexibility index (Phi) is 4.71. The molecule has 0 aliphatic heterocycles. The van der Waals surface area contributed by atoms with Crippen molar-refractivity contribution in [1.82, 2.24) is 0 Å². The summed E-state index contributed by atoms with van der Waals surface area (Å²) in [7, 11) is 0. The molecule has 0 aromatic rings. The molecule has 106 valence electrons. The Bertz CT molecular complexity index is 260. The second-order valence-electron chi connectivity index (χ2n) is 6.69. The molecular formula is C16H30O2. The van der Waals surface area contributed by atoms with Gasteiger partial charge in [0.15, 0.2) is 0 Å². The van der Waals surface area contributed by atoms with Gasteiger partial charge in [-0.2, -0.15) is 0 Å². The number of hydrogen-bond donors (Lipinski definition) is 2. The van der Waals surface area contributed by atoms with Crippen molar-refractivity contribution in [3.8, 4) is 0 Å². The van der Waals surface area contributed by atoms with Gasteiger partial charge in [0.2, 0.25) is 0 Å². The van der Waals surface area contributed by atoms with E-state index in [9.17, 15) is 10.2 Å². The van der Waals surface area contributed by atoms with Crippen LogP contribution in [0.5, 0.6) is 0 Å². The van der Waals surface area contributed by atoms with Gasteiger partial charge in [-0.05, 0) is 49.4 Å². The van der Waals surface area contributed by atoms with Gasteiger partial charge in [0.25, 0.3) is 0 Å². The molecule has 0 aromatic heterocycles. The van der Waals surface area contributed by atoms with Crippen LogP contribution >= 0.6 is 0 Å². The summed E-state index contributed by atoms with van der Waals surface area (Å²) in [6, 6.07) is 0. The quantitative estimate of drug-likeness (QED) is 0.812. The van der Waals surface area contributed by atoms with Crippen molar-refractivity contribution in [2.75, 3.05) is 0 Å². The Hall–Kier alpha value is -0.0800. The molecular weight excluding hydrogens is 224 g/mol. The maximum atomic E-state index is 10.7. The largest absolute Gasteiger partial charge is 0.392 e. The number of fused-ring (bicyclic) bond motifs is 1. The smallest absolute Gasteiger partial charge is 0.0626 e. The first kappa shape index (κ1) is 14.3. The average Bonchev–Trinajstić information content (AvgIpc) is 2.37. The molecule has 0 amide bonds. The van der Waals surface area contributed by atoms with Crippen molar-refractivity contribution in [3.63, 3.8) is 0 Å². The first-order valence-corrected chi connectivity index (χ1v) is 7.96. The summed E-state index contributed by atoms with van der Waals surface area (Å²) in [5.74, 6) is 2.12. The van der Waals surface area contributed by atoms with E-state index in [1.807, 2.05) is 0 Å². The minimum atomic E-state index is -0.282. The third-order valence-electron chi connectivity index (χ3n) is 5.87. The highest BCUT2D eigenvalue weighted by molar-refractivity contribution is 4.96. The van der Waals surface area contributed by atoms with Crippen LogP contribution in [0.15, 0.2) is 0 Å². The highest BCUT2D eigenvalue weighted by Crippen LogP contribution is 2.47. The second-order valence-corrected chi connectivity index (χ2v) is 6.69. The van der Waals surface area contributed by atoms with Crippen LogP contribution in [0.25, 0.3) is 0 Å². The molecule has 0 spiro atoms. The number of hydrogen-bond acceptors (Lipinski definition) is 2. The summed E-state index contributed by atoms with van der Waals surface area (Å²) >= 11 is 0. The molecule has 4 unspecified atom stereocenters. The molecule has 2 fully saturated rings. The van der Waals surface area contributed by atoms with E-state index in [0.29, 0.717) is 23.7 Å². The van der Waals surface area contributed by atoms with Crippen molar-refractivity contribution < 1.29 is 10.2 Å². The van der Waals surface area contributed by atoms with Crippen LogP contribution in [0.1, 0.15) is 59.3 Å². The molecule has 2 rings (SSSR count). The minimum Gasteiger partial charge on any atom is -0.392 e. The van der Waals surface area contributed by atoms with Crippen LogP contribution < -0.4 is 0 Å². The molecule has 2 heteroatoms. The molecule has 0 saturated heterocycles. The summed E-state index contributed by atoms with van der Waals surface area (Å²) < 4.78 is 0. The lowest BCUT2D eigenvalue weighted by Crippen LogP contribution is -2.51. The fourth-order valence-electron chi connectivity index (χ4n) is 4.59. The van der Waals surface area contributed by atoms with Gasteiger partial charge in [0.1, 0.15) is 0 Å². The summed E-state index contributed by atoms with van der Waals surface area (Å²) in [5, 5.41) is 21.2. The first-order valence-electron chi connectivity index (χ1n) is 7.96. The lowest BCUT2D eigenvalue weighted by Gasteiger charge is -2.49. The van der Waals surface area contributed by atoms with Crippen molar-refractivity contribution in [2.45, 2.75) is 71.5 Å². The minimum absolute atomic E-state index is 0.146. The van der Waals surface area contributed by atoms with E-state index in [2.05, 4.69) is 20.8 Å². The Labute approximate surface area is 112 Å². The molecule has 0 heterocycles. The van der Waals surface area contributed by atoms with Crippen LogP contribution in [0.3, 0.4) is 0 Å². The average molecular weight is 254 g/mol. The van der Waals surface area contributed by atoms with Gasteiger partial charge in [0, 0.05) is 5.92 Å². The maximum absolute atomic E-state index is 10.7. The third-order valence-corrected chi connectivity index (χ3v) is 5.87. The molecule has 0 bridgehead atoms. The van der Waals surface area contributed by atoms with E-state index in [-0.39, 0.29) is 18.1 Å². The Morgan fingerprint density at radius 1 is 0.944 bits per heavy atom. The monoisotopic (exact) mass is 254 g/mol. The van der Waals surface area contributed by atoms with Gasteiger partial charge < -0.3 is 10.2 Å². The molecule has 0 aromatic carbocycles. The fourth-order valence-corrected chi connectivity index (χ4v) is 4.59. The number of aliphatic hydroxyl groups is 2. The molecule has 2 aliphatic rings. The molecule has 6 atom stereocenters. The van der Waals surface area contributed by atoms with Crippen LogP contribution in [-0.2, 0) is 0 Å². The normalized spacial score (nSPS) is 45.0. The van der Waals surface area contributed by atoms with E-state index < -0.39 is 0 Å². The summed E-state index contributed by atoms with van der Waals surface area (Å²) in [5.41, 5.74) is 0. The topological polar surface area (TPSA) is 40.5 Å². The molecule has 0 radical (unpaired) electrons. The van der Waals surface area contributed by atoms with Gasteiger partial charge >= 0.3 is 0 Å². The fraction of sp³-hybridized carbons (Fsp3) is 1.00. The predicted molar refractivity (Wildman–Crippen MR) is 74.2 cm³/mol. The van der Waals surface area contributed by atoms with E-state index in [1.54, 1.807) is 0 Å². The number of aliphatic hydroxyl groups excluding tert-OH is 2. The highest BCUT2D eigenvalue weighted by Gasteiger charge is 2.47. The summed E-state index contributed by atoms with van der Waals surface area (Å²) in [6.07, 6.45) is 6.47. The Morgan fingerprint density at radius 2 is 1.56 bits per heavy atom. The highest BCUT2D eigenvalue weighted by atomic mass is 16.3.